The second-order valence-corrected chi connectivity index (χ2v) is 4.39. The van der Waals surface area contributed by atoms with Crippen molar-refractivity contribution in [2.45, 2.75) is 33.3 Å². The molecule has 0 aliphatic rings. The highest BCUT2D eigenvalue weighted by atomic mass is 19.1. The number of ether oxygens (including phenoxy) is 1. The van der Waals surface area contributed by atoms with Gasteiger partial charge in [-0.3, -0.25) is 0 Å². The minimum absolute atomic E-state index is 0.187. The molecule has 0 aliphatic heterocycles. The van der Waals surface area contributed by atoms with E-state index < -0.39 is 0 Å². The van der Waals surface area contributed by atoms with Crippen LogP contribution in [-0.2, 0) is 6.61 Å². The van der Waals surface area contributed by atoms with Gasteiger partial charge in [0, 0.05) is 5.92 Å². The van der Waals surface area contributed by atoms with Gasteiger partial charge in [-0.25, -0.2) is 4.39 Å². The smallest absolute Gasteiger partial charge is 0.253 e. The van der Waals surface area contributed by atoms with Crippen molar-refractivity contribution in [1.82, 2.24) is 10.2 Å². The summed E-state index contributed by atoms with van der Waals surface area (Å²) in [7, 11) is 0. The fourth-order valence-electron chi connectivity index (χ4n) is 1.47. The second-order valence-electron chi connectivity index (χ2n) is 4.39. The highest BCUT2D eigenvalue weighted by molar-refractivity contribution is 5.32. The summed E-state index contributed by atoms with van der Waals surface area (Å²) in [6.45, 7) is 5.92. The molecule has 1 aromatic carbocycles. The van der Waals surface area contributed by atoms with Crippen molar-refractivity contribution in [3.05, 3.63) is 41.4 Å². The Hall–Kier alpha value is -1.91. The lowest BCUT2D eigenvalue weighted by molar-refractivity contribution is 0.255. The van der Waals surface area contributed by atoms with Gasteiger partial charge in [-0.05, 0) is 30.7 Å². The molecule has 96 valence electrons. The van der Waals surface area contributed by atoms with Crippen LogP contribution < -0.4 is 4.74 Å². The summed E-state index contributed by atoms with van der Waals surface area (Å²) in [5, 5.41) is 7.79. The van der Waals surface area contributed by atoms with Gasteiger partial charge < -0.3 is 9.15 Å². The first-order valence-electron chi connectivity index (χ1n) is 5.77. The number of aromatic nitrogens is 2. The van der Waals surface area contributed by atoms with Crippen LogP contribution in [0.4, 0.5) is 4.39 Å². The molecule has 0 saturated carbocycles. The predicted octanol–water partition coefficient (Wildman–Crippen LogP) is 3.22. The van der Waals surface area contributed by atoms with E-state index in [4.69, 9.17) is 9.15 Å². The quantitative estimate of drug-likeness (QED) is 0.835. The number of aryl methyl sites for hydroxylation is 1. The third kappa shape index (κ3) is 2.85. The minimum Gasteiger partial charge on any atom is -0.484 e. The number of hydrogen-bond donors (Lipinski definition) is 0. The summed E-state index contributed by atoms with van der Waals surface area (Å²) in [6.07, 6.45) is 0. The van der Waals surface area contributed by atoms with Crippen molar-refractivity contribution in [3.63, 3.8) is 0 Å². The third-order valence-electron chi connectivity index (χ3n) is 2.46. The van der Waals surface area contributed by atoms with Gasteiger partial charge in [0.1, 0.15) is 11.6 Å². The van der Waals surface area contributed by atoms with E-state index in [0.29, 0.717) is 17.5 Å². The summed E-state index contributed by atoms with van der Waals surface area (Å²) in [4.78, 5) is 0. The van der Waals surface area contributed by atoms with Crippen LogP contribution in [-0.4, -0.2) is 10.2 Å². The molecule has 0 spiro atoms. The van der Waals surface area contributed by atoms with Crippen molar-refractivity contribution in [2.75, 3.05) is 0 Å². The average molecular weight is 250 g/mol. The van der Waals surface area contributed by atoms with Crippen molar-refractivity contribution < 1.29 is 13.5 Å². The molecule has 0 saturated heterocycles. The van der Waals surface area contributed by atoms with Crippen LogP contribution in [0.25, 0.3) is 0 Å². The van der Waals surface area contributed by atoms with Crippen LogP contribution in [0, 0.1) is 12.7 Å². The molecule has 0 bridgehead atoms. The van der Waals surface area contributed by atoms with E-state index in [1.165, 1.54) is 12.1 Å². The first-order chi connectivity index (χ1) is 8.56. The van der Waals surface area contributed by atoms with E-state index >= 15 is 0 Å². The zero-order valence-electron chi connectivity index (χ0n) is 10.6. The van der Waals surface area contributed by atoms with Gasteiger partial charge in [-0.2, -0.15) is 0 Å². The highest BCUT2D eigenvalue weighted by Crippen LogP contribution is 2.20. The maximum atomic E-state index is 12.9. The van der Waals surface area contributed by atoms with Crippen LogP contribution in [0.5, 0.6) is 5.75 Å². The molecular formula is C13H15FN2O2. The van der Waals surface area contributed by atoms with E-state index in [1.54, 1.807) is 13.0 Å². The van der Waals surface area contributed by atoms with E-state index in [-0.39, 0.29) is 18.3 Å². The molecule has 0 unspecified atom stereocenters. The van der Waals surface area contributed by atoms with Crippen LogP contribution >= 0.6 is 0 Å². The number of halogens is 1. The SMILES string of the molecule is Cc1cc(F)ccc1OCc1nnc(C(C)C)o1. The summed E-state index contributed by atoms with van der Waals surface area (Å²) in [6, 6.07) is 4.36. The Labute approximate surface area is 105 Å². The molecule has 0 atom stereocenters. The average Bonchev–Trinajstić information content (AvgIpc) is 2.76. The molecule has 0 fully saturated rings. The van der Waals surface area contributed by atoms with Crippen LogP contribution in [0.15, 0.2) is 22.6 Å². The van der Waals surface area contributed by atoms with E-state index in [2.05, 4.69) is 10.2 Å². The lowest BCUT2D eigenvalue weighted by Crippen LogP contribution is -1.97. The zero-order valence-corrected chi connectivity index (χ0v) is 10.6. The molecule has 2 rings (SSSR count). The lowest BCUT2D eigenvalue weighted by atomic mass is 10.2. The van der Waals surface area contributed by atoms with E-state index in [9.17, 15) is 4.39 Å². The second kappa shape index (κ2) is 5.16. The monoisotopic (exact) mass is 250 g/mol. The Kier molecular flexibility index (Phi) is 3.60. The molecule has 18 heavy (non-hydrogen) atoms. The van der Waals surface area contributed by atoms with Gasteiger partial charge in [-0.15, -0.1) is 10.2 Å². The first-order valence-corrected chi connectivity index (χ1v) is 5.77. The van der Waals surface area contributed by atoms with Crippen LogP contribution in [0.3, 0.4) is 0 Å². The number of nitrogens with zero attached hydrogens (tertiary/aromatic N) is 2. The Morgan fingerprint density at radius 3 is 2.72 bits per heavy atom. The van der Waals surface area contributed by atoms with Gasteiger partial charge in [0.25, 0.3) is 5.89 Å². The van der Waals surface area contributed by atoms with Crippen molar-refractivity contribution in [3.8, 4) is 5.75 Å². The first kappa shape index (κ1) is 12.5. The molecule has 5 heteroatoms. The molecule has 2 aromatic rings. The predicted molar refractivity (Wildman–Crippen MR) is 63.9 cm³/mol. The molecule has 1 aromatic heterocycles. The van der Waals surface area contributed by atoms with E-state index in [0.717, 1.165) is 5.56 Å². The molecule has 1 heterocycles. The molecule has 0 amide bonds. The van der Waals surface area contributed by atoms with Gasteiger partial charge in [0.15, 0.2) is 6.61 Å². The minimum atomic E-state index is -0.278. The summed E-state index contributed by atoms with van der Waals surface area (Å²) in [5.74, 6) is 1.53. The van der Waals surface area contributed by atoms with Crippen molar-refractivity contribution >= 4 is 0 Å². The molecule has 0 radical (unpaired) electrons. The Bertz CT molecular complexity index is 538. The Morgan fingerprint density at radius 2 is 2.11 bits per heavy atom. The largest absolute Gasteiger partial charge is 0.484 e. The van der Waals surface area contributed by atoms with Crippen molar-refractivity contribution in [2.24, 2.45) is 0 Å². The van der Waals surface area contributed by atoms with Gasteiger partial charge in [-0.1, -0.05) is 13.8 Å². The molecule has 4 nitrogen and oxygen atoms in total. The molecule has 0 aliphatic carbocycles. The van der Waals surface area contributed by atoms with Crippen LogP contribution in [0.1, 0.15) is 37.1 Å². The third-order valence-corrected chi connectivity index (χ3v) is 2.46. The van der Waals surface area contributed by atoms with Gasteiger partial charge >= 0.3 is 0 Å². The van der Waals surface area contributed by atoms with Crippen molar-refractivity contribution in [1.29, 1.82) is 0 Å². The fraction of sp³-hybridized carbons (Fsp3) is 0.385. The number of rotatable bonds is 4. The van der Waals surface area contributed by atoms with Crippen LogP contribution in [0.2, 0.25) is 0 Å². The number of benzene rings is 1. The Morgan fingerprint density at radius 1 is 1.33 bits per heavy atom. The van der Waals surface area contributed by atoms with Gasteiger partial charge in [0.2, 0.25) is 5.89 Å². The molecular weight excluding hydrogens is 235 g/mol. The maximum Gasteiger partial charge on any atom is 0.253 e. The summed E-state index contributed by atoms with van der Waals surface area (Å²) in [5.41, 5.74) is 0.735. The lowest BCUT2D eigenvalue weighted by Gasteiger charge is -2.06. The fourth-order valence-corrected chi connectivity index (χ4v) is 1.47. The maximum absolute atomic E-state index is 12.9. The highest BCUT2D eigenvalue weighted by Gasteiger charge is 2.10. The van der Waals surface area contributed by atoms with Gasteiger partial charge in [0.05, 0.1) is 0 Å². The summed E-state index contributed by atoms with van der Waals surface area (Å²) < 4.78 is 23.8. The summed E-state index contributed by atoms with van der Waals surface area (Å²) >= 11 is 0. The zero-order chi connectivity index (χ0) is 13.1. The normalized spacial score (nSPS) is 10.9. The molecule has 0 N–H and O–H groups in total. The standard InChI is InChI=1S/C13H15FN2O2/c1-8(2)13-16-15-12(18-13)7-17-11-5-4-10(14)6-9(11)3/h4-6,8H,7H2,1-3H3. The topological polar surface area (TPSA) is 48.2 Å². The van der Waals surface area contributed by atoms with E-state index in [1.807, 2.05) is 13.8 Å². The number of hydrogen-bond acceptors (Lipinski definition) is 4. The Balaban J connectivity index is 2.02.